The van der Waals surface area contributed by atoms with Gasteiger partial charge in [-0.3, -0.25) is 25.0 Å². The fourth-order valence-electron chi connectivity index (χ4n) is 1.73. The molecule has 1 heterocycles. The van der Waals surface area contributed by atoms with E-state index in [0.717, 1.165) is 6.08 Å². The van der Waals surface area contributed by atoms with E-state index in [2.05, 4.69) is 5.32 Å². The van der Waals surface area contributed by atoms with Gasteiger partial charge in [-0.2, -0.15) is 0 Å². The monoisotopic (exact) mass is 232 g/mol. The quantitative estimate of drug-likeness (QED) is 0.467. The fourth-order valence-corrected chi connectivity index (χ4v) is 1.73. The van der Waals surface area contributed by atoms with E-state index in [-0.39, 0.29) is 11.3 Å². The summed E-state index contributed by atoms with van der Waals surface area (Å²) in [5.41, 5.74) is 0.864. The van der Waals surface area contributed by atoms with Crippen LogP contribution in [-0.2, 0) is 9.59 Å². The Balaban J connectivity index is 2.58. The Morgan fingerprint density at radius 1 is 1.29 bits per heavy atom. The predicted molar refractivity (Wildman–Crippen MR) is 59.0 cm³/mol. The van der Waals surface area contributed by atoms with Crippen molar-refractivity contribution in [2.24, 2.45) is 0 Å². The summed E-state index contributed by atoms with van der Waals surface area (Å²) in [6, 6.07) is 4.41. The van der Waals surface area contributed by atoms with Crippen molar-refractivity contribution >= 4 is 23.1 Å². The summed E-state index contributed by atoms with van der Waals surface area (Å²) in [5, 5.41) is 12.9. The first-order valence-corrected chi connectivity index (χ1v) is 4.82. The number of nitro benzene ring substituents is 1. The van der Waals surface area contributed by atoms with Gasteiger partial charge >= 0.3 is 0 Å². The minimum absolute atomic E-state index is 0.0736. The molecule has 1 aliphatic heterocycles. The normalized spacial score (nSPS) is 14.5. The van der Waals surface area contributed by atoms with Crippen LogP contribution in [0, 0.1) is 17.0 Å². The zero-order valence-electron chi connectivity index (χ0n) is 8.89. The van der Waals surface area contributed by atoms with Crippen LogP contribution in [0.15, 0.2) is 24.3 Å². The van der Waals surface area contributed by atoms with E-state index in [9.17, 15) is 19.7 Å². The number of rotatable bonds is 2. The molecule has 0 fully saturated rings. The Morgan fingerprint density at radius 2 is 2.00 bits per heavy atom. The number of imide groups is 1. The van der Waals surface area contributed by atoms with E-state index in [4.69, 9.17) is 0 Å². The molecule has 0 bridgehead atoms. The van der Waals surface area contributed by atoms with Gasteiger partial charge in [-0.15, -0.1) is 0 Å². The first-order valence-electron chi connectivity index (χ1n) is 4.82. The SMILES string of the molecule is Cc1c(C2=CC(=O)NC2=O)cccc1[N+](=O)[O-]. The molecule has 0 spiro atoms. The van der Waals surface area contributed by atoms with Crippen LogP contribution in [0.4, 0.5) is 5.69 Å². The molecule has 1 aromatic carbocycles. The van der Waals surface area contributed by atoms with Crippen molar-refractivity contribution in [3.63, 3.8) is 0 Å². The lowest BCUT2D eigenvalue weighted by Gasteiger charge is -2.05. The van der Waals surface area contributed by atoms with Crippen LogP contribution in [-0.4, -0.2) is 16.7 Å². The molecular weight excluding hydrogens is 224 g/mol. The first kappa shape index (κ1) is 11.0. The highest BCUT2D eigenvalue weighted by Gasteiger charge is 2.25. The van der Waals surface area contributed by atoms with Gasteiger partial charge in [0.1, 0.15) is 0 Å². The van der Waals surface area contributed by atoms with Crippen molar-refractivity contribution in [2.45, 2.75) is 6.92 Å². The molecule has 0 radical (unpaired) electrons. The Bertz CT molecular complexity index is 575. The molecule has 17 heavy (non-hydrogen) atoms. The van der Waals surface area contributed by atoms with E-state index in [1.807, 2.05) is 0 Å². The van der Waals surface area contributed by atoms with E-state index in [0.29, 0.717) is 11.1 Å². The van der Waals surface area contributed by atoms with Gasteiger partial charge in [0, 0.05) is 17.7 Å². The summed E-state index contributed by atoms with van der Waals surface area (Å²) >= 11 is 0. The van der Waals surface area contributed by atoms with Gasteiger partial charge in [0.15, 0.2) is 0 Å². The molecule has 1 N–H and O–H groups in total. The van der Waals surface area contributed by atoms with E-state index < -0.39 is 16.7 Å². The number of nitrogens with zero attached hydrogens (tertiary/aromatic N) is 1. The van der Waals surface area contributed by atoms with Gasteiger partial charge < -0.3 is 0 Å². The second-order valence-electron chi connectivity index (χ2n) is 3.58. The Hall–Kier alpha value is -2.50. The molecule has 6 nitrogen and oxygen atoms in total. The van der Waals surface area contributed by atoms with Gasteiger partial charge in [0.25, 0.3) is 17.5 Å². The molecule has 0 atom stereocenters. The number of amides is 2. The third-order valence-electron chi connectivity index (χ3n) is 2.55. The van der Waals surface area contributed by atoms with Crippen molar-refractivity contribution in [3.05, 3.63) is 45.5 Å². The molecule has 0 aromatic heterocycles. The van der Waals surface area contributed by atoms with Crippen molar-refractivity contribution < 1.29 is 14.5 Å². The number of hydrogen-bond donors (Lipinski definition) is 1. The van der Waals surface area contributed by atoms with Gasteiger partial charge in [0.05, 0.1) is 10.5 Å². The average Bonchev–Trinajstić information content (AvgIpc) is 2.57. The molecular formula is C11H8N2O4. The molecule has 86 valence electrons. The maximum absolute atomic E-state index is 11.4. The molecule has 0 saturated carbocycles. The zero-order chi connectivity index (χ0) is 12.6. The lowest BCUT2D eigenvalue weighted by atomic mass is 9.99. The molecule has 1 aromatic rings. The van der Waals surface area contributed by atoms with E-state index in [1.165, 1.54) is 12.1 Å². The molecule has 2 amide bonds. The van der Waals surface area contributed by atoms with Crippen LogP contribution in [0.5, 0.6) is 0 Å². The molecule has 1 aliphatic rings. The molecule has 2 rings (SSSR count). The lowest BCUT2D eigenvalue weighted by Crippen LogP contribution is -2.21. The third-order valence-corrected chi connectivity index (χ3v) is 2.55. The highest BCUT2D eigenvalue weighted by molar-refractivity contribution is 6.33. The number of benzene rings is 1. The number of carbonyl (C=O) groups excluding carboxylic acids is 2. The maximum atomic E-state index is 11.4. The number of nitrogens with one attached hydrogen (secondary N) is 1. The largest absolute Gasteiger partial charge is 0.289 e. The molecule has 6 heteroatoms. The van der Waals surface area contributed by atoms with Crippen molar-refractivity contribution in [1.82, 2.24) is 5.32 Å². The summed E-state index contributed by atoms with van der Waals surface area (Å²) in [6.45, 7) is 1.55. The standard InChI is InChI=1S/C11H8N2O4/c1-6-7(3-2-4-9(6)13(16)17)8-5-10(14)12-11(8)15/h2-5H,1H3,(H,12,14,15). The molecule has 0 aliphatic carbocycles. The van der Waals surface area contributed by atoms with Gasteiger partial charge in [0.2, 0.25) is 0 Å². The number of hydrogen-bond acceptors (Lipinski definition) is 4. The minimum atomic E-state index is -0.529. The van der Waals surface area contributed by atoms with Crippen LogP contribution in [0.1, 0.15) is 11.1 Å². The maximum Gasteiger partial charge on any atom is 0.272 e. The summed E-state index contributed by atoms with van der Waals surface area (Å²) in [4.78, 5) is 32.7. The fraction of sp³-hybridized carbons (Fsp3) is 0.0909. The topological polar surface area (TPSA) is 89.3 Å². The zero-order valence-corrected chi connectivity index (χ0v) is 8.89. The number of carbonyl (C=O) groups is 2. The minimum Gasteiger partial charge on any atom is -0.289 e. The molecule has 0 unspecified atom stereocenters. The van der Waals surface area contributed by atoms with Gasteiger partial charge in [-0.1, -0.05) is 12.1 Å². The second-order valence-corrected chi connectivity index (χ2v) is 3.58. The van der Waals surface area contributed by atoms with Crippen LogP contribution in [0.25, 0.3) is 5.57 Å². The highest BCUT2D eigenvalue weighted by atomic mass is 16.6. The van der Waals surface area contributed by atoms with Gasteiger partial charge in [-0.25, -0.2) is 0 Å². The molecule has 0 saturated heterocycles. The smallest absolute Gasteiger partial charge is 0.272 e. The van der Waals surface area contributed by atoms with E-state index in [1.54, 1.807) is 13.0 Å². The predicted octanol–water partition coefficient (Wildman–Crippen LogP) is 0.943. The third kappa shape index (κ3) is 1.80. The van der Waals surface area contributed by atoms with Crippen molar-refractivity contribution in [1.29, 1.82) is 0 Å². The summed E-state index contributed by atoms with van der Waals surface area (Å²) < 4.78 is 0. The average molecular weight is 232 g/mol. The second kappa shape index (κ2) is 3.82. The van der Waals surface area contributed by atoms with Crippen LogP contribution in [0.3, 0.4) is 0 Å². The van der Waals surface area contributed by atoms with Gasteiger partial charge in [-0.05, 0) is 12.5 Å². The highest BCUT2D eigenvalue weighted by Crippen LogP contribution is 2.28. The van der Waals surface area contributed by atoms with Crippen molar-refractivity contribution in [3.8, 4) is 0 Å². The van der Waals surface area contributed by atoms with Crippen LogP contribution < -0.4 is 5.32 Å². The Kier molecular flexibility index (Phi) is 2.47. The van der Waals surface area contributed by atoms with Crippen LogP contribution in [0.2, 0.25) is 0 Å². The van der Waals surface area contributed by atoms with E-state index >= 15 is 0 Å². The summed E-state index contributed by atoms with van der Waals surface area (Å²) in [5.74, 6) is -1.03. The Morgan fingerprint density at radius 3 is 2.53 bits per heavy atom. The first-order chi connectivity index (χ1) is 8.00. The summed E-state index contributed by atoms with van der Waals surface area (Å²) in [7, 11) is 0. The number of nitro groups is 1. The van der Waals surface area contributed by atoms with Crippen molar-refractivity contribution in [2.75, 3.05) is 0 Å². The lowest BCUT2D eigenvalue weighted by molar-refractivity contribution is -0.385. The Labute approximate surface area is 96.1 Å². The van der Waals surface area contributed by atoms with Crippen LogP contribution >= 0.6 is 0 Å². The summed E-state index contributed by atoms with van der Waals surface area (Å²) in [6.07, 6.45) is 1.15.